The first-order valence-electron chi connectivity index (χ1n) is 6.44. The van der Waals surface area contributed by atoms with Crippen LogP contribution in [-0.2, 0) is 14.8 Å². The van der Waals surface area contributed by atoms with Gasteiger partial charge >= 0.3 is 0 Å². The molecule has 3 N–H and O–H groups in total. The van der Waals surface area contributed by atoms with Crippen LogP contribution in [0, 0.1) is 0 Å². The van der Waals surface area contributed by atoms with Gasteiger partial charge in [-0.25, -0.2) is 13.1 Å². The van der Waals surface area contributed by atoms with Crippen LogP contribution in [0.2, 0.25) is 0 Å². The summed E-state index contributed by atoms with van der Waals surface area (Å²) < 4.78 is 26.5. The fourth-order valence-corrected chi connectivity index (χ4v) is 2.66. The summed E-state index contributed by atoms with van der Waals surface area (Å²) in [6.45, 7) is 3.92. The summed E-state index contributed by atoms with van der Waals surface area (Å²) in [5.41, 5.74) is 0.869. The number of sulfonamides is 1. The number of nitrogens with one attached hydrogen (secondary N) is 3. The Bertz CT molecular complexity index is 558. The van der Waals surface area contributed by atoms with E-state index in [0.717, 1.165) is 5.56 Å². The maximum atomic E-state index is 12.1. The van der Waals surface area contributed by atoms with Gasteiger partial charge in [-0.15, -0.1) is 0 Å². The summed E-state index contributed by atoms with van der Waals surface area (Å²) in [5, 5.41) is 5.58. The molecular weight excluding hydrogens is 278 g/mol. The SMILES string of the molecule is CCNC(=O)CNS(=O)(=O)c1cccc(C(C)NC)c1. The van der Waals surface area contributed by atoms with Crippen LogP contribution in [0.1, 0.15) is 25.5 Å². The van der Waals surface area contributed by atoms with Gasteiger partial charge in [-0.1, -0.05) is 12.1 Å². The molecule has 1 unspecified atom stereocenters. The highest BCUT2D eigenvalue weighted by Crippen LogP contribution is 2.16. The van der Waals surface area contributed by atoms with Crippen LogP contribution in [0.25, 0.3) is 0 Å². The summed E-state index contributed by atoms with van der Waals surface area (Å²) in [6, 6.07) is 6.69. The lowest BCUT2D eigenvalue weighted by atomic mass is 10.1. The third kappa shape index (κ3) is 4.59. The first-order chi connectivity index (χ1) is 9.40. The van der Waals surface area contributed by atoms with E-state index in [1.165, 1.54) is 6.07 Å². The summed E-state index contributed by atoms with van der Waals surface area (Å²) in [4.78, 5) is 11.4. The Hall–Kier alpha value is -1.44. The van der Waals surface area contributed by atoms with E-state index in [1.54, 1.807) is 26.1 Å². The maximum absolute atomic E-state index is 12.1. The van der Waals surface area contributed by atoms with Gasteiger partial charge in [-0.2, -0.15) is 0 Å². The van der Waals surface area contributed by atoms with Crippen LogP contribution in [0.5, 0.6) is 0 Å². The monoisotopic (exact) mass is 299 g/mol. The first kappa shape index (κ1) is 16.6. The van der Waals surface area contributed by atoms with Crippen molar-refractivity contribution >= 4 is 15.9 Å². The fourth-order valence-electron chi connectivity index (χ4n) is 1.62. The topological polar surface area (TPSA) is 87.3 Å². The zero-order chi connectivity index (χ0) is 15.2. The van der Waals surface area contributed by atoms with Gasteiger partial charge in [0, 0.05) is 12.6 Å². The normalized spacial score (nSPS) is 12.9. The van der Waals surface area contributed by atoms with E-state index in [0.29, 0.717) is 6.54 Å². The number of hydrogen-bond acceptors (Lipinski definition) is 4. The Labute approximate surface area is 120 Å². The summed E-state index contributed by atoms with van der Waals surface area (Å²) in [5.74, 6) is -0.351. The van der Waals surface area contributed by atoms with E-state index in [1.807, 2.05) is 13.0 Å². The molecular formula is C13H21N3O3S. The molecule has 1 aromatic rings. The number of likely N-dealkylation sites (N-methyl/N-ethyl adjacent to an activating group) is 1. The molecule has 0 heterocycles. The highest BCUT2D eigenvalue weighted by molar-refractivity contribution is 7.89. The lowest BCUT2D eigenvalue weighted by molar-refractivity contribution is -0.119. The van der Waals surface area contributed by atoms with Crippen LogP contribution >= 0.6 is 0 Å². The average molecular weight is 299 g/mol. The molecule has 1 amide bonds. The second kappa shape index (κ2) is 7.37. The predicted molar refractivity (Wildman–Crippen MR) is 77.8 cm³/mol. The Morgan fingerprint density at radius 1 is 1.35 bits per heavy atom. The van der Waals surface area contributed by atoms with E-state index in [-0.39, 0.29) is 23.4 Å². The summed E-state index contributed by atoms with van der Waals surface area (Å²) >= 11 is 0. The quantitative estimate of drug-likeness (QED) is 0.679. The molecule has 0 aliphatic rings. The summed E-state index contributed by atoms with van der Waals surface area (Å²) in [6.07, 6.45) is 0. The van der Waals surface area contributed by atoms with Crippen LogP contribution in [-0.4, -0.2) is 34.5 Å². The Morgan fingerprint density at radius 3 is 2.65 bits per heavy atom. The minimum absolute atomic E-state index is 0.0496. The largest absolute Gasteiger partial charge is 0.355 e. The fraction of sp³-hybridized carbons (Fsp3) is 0.462. The van der Waals surface area contributed by atoms with E-state index in [4.69, 9.17) is 0 Å². The van der Waals surface area contributed by atoms with Crippen molar-refractivity contribution in [3.05, 3.63) is 29.8 Å². The van der Waals surface area contributed by atoms with Gasteiger partial charge < -0.3 is 10.6 Å². The number of amides is 1. The van der Waals surface area contributed by atoms with Crippen molar-refractivity contribution in [1.82, 2.24) is 15.4 Å². The zero-order valence-corrected chi connectivity index (χ0v) is 12.8. The van der Waals surface area contributed by atoms with Crippen LogP contribution in [0.15, 0.2) is 29.2 Å². The summed E-state index contributed by atoms with van der Waals surface area (Å²) in [7, 11) is -1.87. The molecule has 112 valence electrons. The molecule has 0 spiro atoms. The molecule has 1 rings (SSSR count). The van der Waals surface area contributed by atoms with Crippen molar-refractivity contribution in [3.63, 3.8) is 0 Å². The van der Waals surface area contributed by atoms with E-state index in [2.05, 4.69) is 15.4 Å². The zero-order valence-electron chi connectivity index (χ0n) is 11.9. The highest BCUT2D eigenvalue weighted by atomic mass is 32.2. The molecule has 0 fully saturated rings. The Morgan fingerprint density at radius 2 is 2.05 bits per heavy atom. The minimum atomic E-state index is -3.68. The van der Waals surface area contributed by atoms with Gasteiger partial charge in [0.2, 0.25) is 15.9 Å². The van der Waals surface area contributed by atoms with Crippen molar-refractivity contribution in [2.24, 2.45) is 0 Å². The van der Waals surface area contributed by atoms with Gasteiger partial charge in [-0.3, -0.25) is 4.79 Å². The van der Waals surface area contributed by atoms with Crippen molar-refractivity contribution in [2.45, 2.75) is 24.8 Å². The van der Waals surface area contributed by atoms with Crippen molar-refractivity contribution < 1.29 is 13.2 Å². The van der Waals surface area contributed by atoms with Gasteiger partial charge in [0.05, 0.1) is 11.4 Å². The molecule has 0 saturated carbocycles. The molecule has 0 aliphatic heterocycles. The van der Waals surface area contributed by atoms with Crippen molar-refractivity contribution in [2.75, 3.05) is 20.1 Å². The smallest absolute Gasteiger partial charge is 0.241 e. The Kier molecular flexibility index (Phi) is 6.12. The number of rotatable bonds is 7. The van der Waals surface area contributed by atoms with Gasteiger partial charge in [0.25, 0.3) is 0 Å². The second-order valence-electron chi connectivity index (χ2n) is 4.36. The van der Waals surface area contributed by atoms with Gasteiger partial charge in [0.1, 0.15) is 0 Å². The standard InChI is InChI=1S/C13H21N3O3S/c1-4-15-13(17)9-16-20(18,19)12-7-5-6-11(8-12)10(2)14-3/h5-8,10,14,16H,4,9H2,1-3H3,(H,15,17). The highest BCUT2D eigenvalue weighted by Gasteiger charge is 2.16. The molecule has 7 heteroatoms. The van der Waals surface area contributed by atoms with E-state index < -0.39 is 10.0 Å². The lowest BCUT2D eigenvalue weighted by Gasteiger charge is -2.12. The lowest BCUT2D eigenvalue weighted by Crippen LogP contribution is -2.36. The average Bonchev–Trinajstić information content (AvgIpc) is 2.45. The molecule has 0 aromatic heterocycles. The molecule has 0 radical (unpaired) electrons. The molecule has 0 aliphatic carbocycles. The molecule has 6 nitrogen and oxygen atoms in total. The maximum Gasteiger partial charge on any atom is 0.241 e. The molecule has 1 aromatic carbocycles. The van der Waals surface area contributed by atoms with Crippen LogP contribution in [0.4, 0.5) is 0 Å². The van der Waals surface area contributed by atoms with Crippen LogP contribution in [0.3, 0.4) is 0 Å². The van der Waals surface area contributed by atoms with E-state index in [9.17, 15) is 13.2 Å². The number of carbonyl (C=O) groups excluding carboxylic acids is 1. The predicted octanol–water partition coefficient (Wildman–Crippen LogP) is 0.381. The molecule has 0 bridgehead atoms. The van der Waals surface area contributed by atoms with Crippen LogP contribution < -0.4 is 15.4 Å². The number of carbonyl (C=O) groups is 1. The van der Waals surface area contributed by atoms with Gasteiger partial charge in [-0.05, 0) is 38.6 Å². The number of hydrogen-bond donors (Lipinski definition) is 3. The molecule has 0 saturated heterocycles. The minimum Gasteiger partial charge on any atom is -0.355 e. The van der Waals surface area contributed by atoms with Crippen molar-refractivity contribution in [1.29, 1.82) is 0 Å². The first-order valence-corrected chi connectivity index (χ1v) is 7.92. The van der Waals surface area contributed by atoms with E-state index >= 15 is 0 Å². The van der Waals surface area contributed by atoms with Gasteiger partial charge in [0.15, 0.2) is 0 Å². The third-order valence-electron chi connectivity index (χ3n) is 2.90. The third-order valence-corrected chi connectivity index (χ3v) is 4.30. The van der Waals surface area contributed by atoms with Crippen molar-refractivity contribution in [3.8, 4) is 0 Å². The molecule has 20 heavy (non-hydrogen) atoms. The Balaban J connectivity index is 2.84. The number of benzene rings is 1. The molecule has 1 atom stereocenters. The second-order valence-corrected chi connectivity index (χ2v) is 6.13.